The number of aromatic nitrogens is 2. The van der Waals surface area contributed by atoms with Gasteiger partial charge < -0.3 is 19.4 Å². The minimum absolute atomic E-state index is 0.135. The number of amides is 3. The van der Waals surface area contributed by atoms with Crippen LogP contribution < -0.4 is 0 Å². The Labute approximate surface area is 217 Å². The predicted molar refractivity (Wildman–Crippen MR) is 136 cm³/mol. The average molecular weight is 510 g/mol. The first-order chi connectivity index (χ1) is 17.8. The van der Waals surface area contributed by atoms with E-state index in [2.05, 4.69) is 5.10 Å². The fraction of sp³-hybridized carbons (Fsp3) is 0.519. The van der Waals surface area contributed by atoms with E-state index < -0.39 is 5.91 Å². The van der Waals surface area contributed by atoms with Crippen LogP contribution in [0.4, 0.5) is 0 Å². The Morgan fingerprint density at radius 1 is 1.11 bits per heavy atom. The molecule has 198 valence electrons. The Hall–Kier alpha value is -3.69. The highest BCUT2D eigenvalue weighted by Crippen LogP contribution is 2.20. The van der Waals surface area contributed by atoms with E-state index in [1.165, 1.54) is 11.0 Å². The summed E-state index contributed by atoms with van der Waals surface area (Å²) in [5, 5.41) is 4.40. The number of carbonyl (C=O) groups excluding carboxylic acids is 4. The van der Waals surface area contributed by atoms with Crippen LogP contribution in [-0.4, -0.2) is 88.0 Å². The maximum Gasteiger partial charge on any atom is 0.310 e. The lowest BCUT2D eigenvalue weighted by Gasteiger charge is -2.32. The average Bonchev–Trinajstić information content (AvgIpc) is 3.26. The second-order valence-corrected chi connectivity index (χ2v) is 9.80. The van der Waals surface area contributed by atoms with E-state index in [0.29, 0.717) is 57.9 Å². The van der Waals surface area contributed by atoms with Gasteiger partial charge >= 0.3 is 5.97 Å². The van der Waals surface area contributed by atoms with Crippen molar-refractivity contribution in [2.45, 2.75) is 46.2 Å². The number of hydrogen-bond donors (Lipinski definition) is 0. The third-order valence-corrected chi connectivity index (χ3v) is 6.91. The molecule has 3 amide bonds. The van der Waals surface area contributed by atoms with E-state index in [0.717, 1.165) is 17.5 Å². The molecule has 0 bridgehead atoms. The fourth-order valence-corrected chi connectivity index (χ4v) is 4.83. The van der Waals surface area contributed by atoms with Gasteiger partial charge in [0.05, 0.1) is 19.1 Å². The van der Waals surface area contributed by atoms with E-state index in [-0.39, 0.29) is 35.9 Å². The molecular formula is C27H35N5O5. The fourth-order valence-electron chi connectivity index (χ4n) is 4.83. The first-order valence-corrected chi connectivity index (χ1v) is 12.9. The zero-order valence-electron chi connectivity index (χ0n) is 21.8. The van der Waals surface area contributed by atoms with Crippen LogP contribution in [0.1, 0.15) is 58.3 Å². The van der Waals surface area contributed by atoms with E-state index in [1.54, 1.807) is 28.5 Å². The number of rotatable bonds is 7. The quantitative estimate of drug-likeness (QED) is 0.530. The molecule has 10 heteroatoms. The molecular weight excluding hydrogens is 474 g/mol. The van der Waals surface area contributed by atoms with Gasteiger partial charge in [0.2, 0.25) is 5.91 Å². The van der Waals surface area contributed by atoms with E-state index in [4.69, 9.17) is 4.74 Å². The van der Waals surface area contributed by atoms with Gasteiger partial charge in [-0.15, -0.1) is 0 Å². The molecule has 0 radical (unpaired) electrons. The van der Waals surface area contributed by atoms with Crippen molar-refractivity contribution in [3.63, 3.8) is 0 Å². The van der Waals surface area contributed by atoms with Gasteiger partial charge in [-0.3, -0.25) is 23.9 Å². The third kappa shape index (κ3) is 6.18. The Bertz CT molecular complexity index is 1160. The van der Waals surface area contributed by atoms with Crippen LogP contribution in [0, 0.1) is 12.8 Å². The molecule has 1 saturated heterocycles. The molecule has 1 aromatic heterocycles. The molecule has 10 nitrogen and oxygen atoms in total. The highest BCUT2D eigenvalue weighted by atomic mass is 16.5. The molecule has 0 saturated carbocycles. The lowest BCUT2D eigenvalue weighted by Crippen LogP contribution is -2.47. The smallest absolute Gasteiger partial charge is 0.310 e. The number of aryl methyl sites for hydroxylation is 2. The van der Waals surface area contributed by atoms with Gasteiger partial charge in [-0.05, 0) is 38.7 Å². The summed E-state index contributed by atoms with van der Waals surface area (Å²) in [6, 6.07) is 9.61. The van der Waals surface area contributed by atoms with Crippen LogP contribution in [0.5, 0.6) is 0 Å². The molecule has 0 aliphatic carbocycles. The minimum Gasteiger partial charge on any atom is -0.466 e. The number of fused-ring (bicyclic) bond motifs is 1. The van der Waals surface area contributed by atoms with Crippen molar-refractivity contribution in [3.8, 4) is 0 Å². The van der Waals surface area contributed by atoms with E-state index in [9.17, 15) is 19.2 Å². The van der Waals surface area contributed by atoms with Gasteiger partial charge in [0.15, 0.2) is 5.69 Å². The molecule has 0 N–H and O–H groups in total. The molecule has 2 aliphatic heterocycles. The third-order valence-electron chi connectivity index (χ3n) is 6.91. The Kier molecular flexibility index (Phi) is 8.25. The number of piperidine rings is 1. The van der Waals surface area contributed by atoms with Gasteiger partial charge in [0.1, 0.15) is 5.69 Å². The second kappa shape index (κ2) is 11.6. The molecule has 37 heavy (non-hydrogen) atoms. The topological polar surface area (TPSA) is 105 Å². The molecule has 0 spiro atoms. The predicted octanol–water partition coefficient (Wildman–Crippen LogP) is 2.11. The SMILES string of the molecule is CCOC(=O)[C@@H]1CCCN(C(=O)CN(C)C(=O)c2cc3n(n2)CCCN(Cc2ccc(C)cc2)C3=O)C1. The minimum atomic E-state index is -0.425. The van der Waals surface area contributed by atoms with Gasteiger partial charge in [0.25, 0.3) is 11.8 Å². The summed E-state index contributed by atoms with van der Waals surface area (Å²) in [5.41, 5.74) is 2.72. The first kappa shape index (κ1) is 26.4. The summed E-state index contributed by atoms with van der Waals surface area (Å²) < 4.78 is 6.70. The normalized spacial score (nSPS) is 17.7. The maximum atomic E-state index is 13.3. The summed E-state index contributed by atoms with van der Waals surface area (Å²) >= 11 is 0. The largest absolute Gasteiger partial charge is 0.466 e. The Morgan fingerprint density at radius 2 is 1.86 bits per heavy atom. The molecule has 4 rings (SSSR count). The summed E-state index contributed by atoms with van der Waals surface area (Å²) in [6.07, 6.45) is 2.12. The number of nitrogens with zero attached hydrogens (tertiary/aromatic N) is 5. The number of benzene rings is 1. The van der Waals surface area contributed by atoms with Crippen LogP contribution in [-0.2, 0) is 27.4 Å². The highest BCUT2D eigenvalue weighted by molar-refractivity contribution is 5.99. The Balaban J connectivity index is 1.39. The van der Waals surface area contributed by atoms with Crippen molar-refractivity contribution >= 4 is 23.7 Å². The number of likely N-dealkylation sites (tertiary alicyclic amines) is 1. The van der Waals surface area contributed by atoms with Gasteiger partial charge in [-0.25, -0.2) is 0 Å². The van der Waals surface area contributed by atoms with Crippen molar-refractivity contribution in [2.24, 2.45) is 5.92 Å². The molecule has 2 aromatic rings. The van der Waals surface area contributed by atoms with E-state index >= 15 is 0 Å². The van der Waals surface area contributed by atoms with E-state index in [1.807, 2.05) is 31.2 Å². The molecule has 3 heterocycles. The van der Waals surface area contributed by atoms with Crippen LogP contribution in [0.25, 0.3) is 0 Å². The van der Waals surface area contributed by atoms with Crippen molar-refractivity contribution in [2.75, 3.05) is 39.8 Å². The van der Waals surface area contributed by atoms with Crippen molar-refractivity contribution < 1.29 is 23.9 Å². The maximum absolute atomic E-state index is 13.3. The van der Waals surface area contributed by atoms with Gasteiger partial charge in [0, 0.05) is 45.8 Å². The number of carbonyl (C=O) groups is 4. The Morgan fingerprint density at radius 3 is 2.59 bits per heavy atom. The summed E-state index contributed by atoms with van der Waals surface area (Å²) in [7, 11) is 1.54. The highest BCUT2D eigenvalue weighted by Gasteiger charge is 2.31. The molecule has 1 fully saturated rings. The van der Waals surface area contributed by atoms with Crippen LogP contribution in [0.2, 0.25) is 0 Å². The second-order valence-electron chi connectivity index (χ2n) is 9.80. The lowest BCUT2D eigenvalue weighted by molar-refractivity contribution is -0.151. The van der Waals surface area contributed by atoms with Gasteiger partial charge in [-0.1, -0.05) is 29.8 Å². The summed E-state index contributed by atoms with van der Waals surface area (Å²) in [6.45, 7) is 6.42. The monoisotopic (exact) mass is 509 g/mol. The van der Waals surface area contributed by atoms with Crippen LogP contribution in [0.3, 0.4) is 0 Å². The first-order valence-electron chi connectivity index (χ1n) is 12.9. The standard InChI is InChI=1S/C27H35N5O5/c1-4-37-27(36)21-7-5-12-30(17-21)24(33)18-29(3)25(34)22-15-23-26(35)31(13-6-14-32(23)28-22)16-20-10-8-19(2)9-11-20/h8-11,15,21H,4-7,12-14,16-18H2,1-3H3/t21-/m1/s1. The zero-order chi connectivity index (χ0) is 26.5. The molecule has 0 unspecified atom stereocenters. The number of hydrogen-bond acceptors (Lipinski definition) is 6. The summed E-state index contributed by atoms with van der Waals surface area (Å²) in [5.74, 6) is -1.44. The number of esters is 1. The van der Waals surface area contributed by atoms with Gasteiger partial charge in [-0.2, -0.15) is 5.10 Å². The lowest BCUT2D eigenvalue weighted by atomic mass is 9.98. The zero-order valence-corrected chi connectivity index (χ0v) is 21.8. The molecule has 1 aromatic carbocycles. The number of likely N-dealkylation sites (N-methyl/N-ethyl adjacent to an activating group) is 1. The molecule has 2 aliphatic rings. The molecule has 1 atom stereocenters. The van der Waals surface area contributed by atoms with Crippen molar-refractivity contribution in [1.29, 1.82) is 0 Å². The van der Waals surface area contributed by atoms with Crippen molar-refractivity contribution in [1.82, 2.24) is 24.5 Å². The summed E-state index contributed by atoms with van der Waals surface area (Å²) in [4.78, 5) is 56.1. The number of ether oxygens (including phenoxy) is 1. The van der Waals surface area contributed by atoms with Crippen LogP contribution in [0.15, 0.2) is 30.3 Å². The van der Waals surface area contributed by atoms with Crippen LogP contribution >= 0.6 is 0 Å². The van der Waals surface area contributed by atoms with Crippen molar-refractivity contribution in [3.05, 3.63) is 52.8 Å².